The number of ether oxygens (including phenoxy) is 1. The van der Waals surface area contributed by atoms with Crippen LogP contribution in [-0.2, 0) is 4.74 Å². The summed E-state index contributed by atoms with van der Waals surface area (Å²) in [7, 11) is 0. The Labute approximate surface area is 56.4 Å². The monoisotopic (exact) mass is 129 g/mol. The van der Waals surface area contributed by atoms with E-state index in [1.807, 2.05) is 0 Å². The molecule has 1 aliphatic heterocycles. The first kappa shape index (κ1) is 7.03. The van der Waals surface area contributed by atoms with Crippen molar-refractivity contribution in [1.82, 2.24) is 0 Å². The van der Waals surface area contributed by atoms with Crippen LogP contribution in [-0.4, -0.2) is 19.3 Å². The fourth-order valence-electron chi connectivity index (χ4n) is 1.30. The van der Waals surface area contributed by atoms with E-state index in [-0.39, 0.29) is 0 Å². The summed E-state index contributed by atoms with van der Waals surface area (Å²) in [5.41, 5.74) is 5.62. The third-order valence-electron chi connectivity index (χ3n) is 1.73. The van der Waals surface area contributed by atoms with E-state index >= 15 is 0 Å². The molecule has 0 bridgehead atoms. The zero-order chi connectivity index (χ0) is 6.69. The summed E-state index contributed by atoms with van der Waals surface area (Å²) in [5.74, 6) is 0.741. The Morgan fingerprint density at radius 3 is 3.00 bits per heavy atom. The average Bonchev–Trinajstić information content (AvgIpc) is 2.15. The maximum atomic E-state index is 5.62. The van der Waals surface area contributed by atoms with Gasteiger partial charge in [-0.3, -0.25) is 0 Å². The van der Waals surface area contributed by atoms with Crippen LogP contribution in [0.15, 0.2) is 0 Å². The Kier molecular flexibility index (Phi) is 2.49. The summed E-state index contributed by atoms with van der Waals surface area (Å²) in [6.07, 6.45) is 2.33. The van der Waals surface area contributed by atoms with Crippen molar-refractivity contribution in [2.45, 2.75) is 25.8 Å². The van der Waals surface area contributed by atoms with Gasteiger partial charge in [-0.2, -0.15) is 0 Å². The second-order valence-corrected chi connectivity index (χ2v) is 2.94. The topological polar surface area (TPSA) is 35.2 Å². The lowest BCUT2D eigenvalue weighted by Crippen LogP contribution is -2.19. The molecule has 0 spiro atoms. The van der Waals surface area contributed by atoms with Gasteiger partial charge in [0.05, 0.1) is 0 Å². The molecule has 1 heterocycles. The Bertz CT molecular complexity index is 77.0. The van der Waals surface area contributed by atoms with Gasteiger partial charge in [0, 0.05) is 19.3 Å². The molecule has 1 saturated heterocycles. The Hall–Kier alpha value is -0.0800. The summed E-state index contributed by atoms with van der Waals surface area (Å²) in [5, 5.41) is 0. The molecular weight excluding hydrogens is 114 g/mol. The van der Waals surface area contributed by atoms with Gasteiger partial charge in [-0.25, -0.2) is 0 Å². The molecule has 1 unspecified atom stereocenters. The lowest BCUT2D eigenvalue weighted by molar-refractivity contribution is 0.183. The summed E-state index contributed by atoms with van der Waals surface area (Å²) >= 11 is 0. The van der Waals surface area contributed by atoms with Crippen LogP contribution in [0.2, 0.25) is 0 Å². The van der Waals surface area contributed by atoms with Gasteiger partial charge in [0.1, 0.15) is 0 Å². The molecule has 0 radical (unpaired) electrons. The Morgan fingerprint density at radius 1 is 1.78 bits per heavy atom. The van der Waals surface area contributed by atoms with Crippen LogP contribution < -0.4 is 5.73 Å². The first-order valence-electron chi connectivity index (χ1n) is 3.62. The highest BCUT2D eigenvalue weighted by molar-refractivity contribution is 4.68. The first-order chi connectivity index (χ1) is 4.29. The van der Waals surface area contributed by atoms with Gasteiger partial charge in [-0.1, -0.05) is 0 Å². The van der Waals surface area contributed by atoms with Crippen molar-refractivity contribution in [3.8, 4) is 0 Å². The SMILES string of the molecule is C[C@@H](N)CC1CCOC1. The maximum absolute atomic E-state index is 5.62. The van der Waals surface area contributed by atoms with E-state index in [4.69, 9.17) is 10.5 Å². The van der Waals surface area contributed by atoms with E-state index in [9.17, 15) is 0 Å². The second-order valence-electron chi connectivity index (χ2n) is 2.94. The van der Waals surface area contributed by atoms with Crippen molar-refractivity contribution in [3.63, 3.8) is 0 Å². The summed E-state index contributed by atoms with van der Waals surface area (Å²) < 4.78 is 5.20. The number of rotatable bonds is 2. The Morgan fingerprint density at radius 2 is 2.56 bits per heavy atom. The van der Waals surface area contributed by atoms with Gasteiger partial charge < -0.3 is 10.5 Å². The molecular formula is C7H15NO. The highest BCUT2D eigenvalue weighted by Crippen LogP contribution is 2.16. The molecule has 2 heteroatoms. The van der Waals surface area contributed by atoms with Crippen molar-refractivity contribution in [1.29, 1.82) is 0 Å². The third-order valence-corrected chi connectivity index (χ3v) is 1.73. The lowest BCUT2D eigenvalue weighted by atomic mass is 10.0. The first-order valence-corrected chi connectivity index (χ1v) is 3.62. The molecule has 0 aromatic rings. The van der Waals surface area contributed by atoms with Crippen LogP contribution in [0, 0.1) is 5.92 Å². The van der Waals surface area contributed by atoms with Crippen LogP contribution in [0.3, 0.4) is 0 Å². The molecule has 0 aromatic heterocycles. The maximum Gasteiger partial charge on any atom is 0.0495 e. The van der Waals surface area contributed by atoms with E-state index in [0.717, 1.165) is 25.6 Å². The number of hydrogen-bond acceptors (Lipinski definition) is 2. The minimum Gasteiger partial charge on any atom is -0.381 e. The van der Waals surface area contributed by atoms with E-state index in [1.54, 1.807) is 0 Å². The quantitative estimate of drug-likeness (QED) is 0.597. The summed E-state index contributed by atoms with van der Waals surface area (Å²) in [6.45, 7) is 3.93. The smallest absolute Gasteiger partial charge is 0.0495 e. The zero-order valence-corrected chi connectivity index (χ0v) is 5.97. The van der Waals surface area contributed by atoms with Gasteiger partial charge in [0.2, 0.25) is 0 Å². The normalized spacial score (nSPS) is 30.7. The lowest BCUT2D eigenvalue weighted by Gasteiger charge is -2.08. The van der Waals surface area contributed by atoms with Crippen molar-refractivity contribution in [2.24, 2.45) is 11.7 Å². The van der Waals surface area contributed by atoms with Gasteiger partial charge in [0.25, 0.3) is 0 Å². The largest absolute Gasteiger partial charge is 0.381 e. The summed E-state index contributed by atoms with van der Waals surface area (Å²) in [6, 6.07) is 0.344. The molecule has 0 aliphatic carbocycles. The molecule has 9 heavy (non-hydrogen) atoms. The molecule has 1 fully saturated rings. The van der Waals surface area contributed by atoms with E-state index < -0.39 is 0 Å². The van der Waals surface area contributed by atoms with Gasteiger partial charge in [0.15, 0.2) is 0 Å². The molecule has 0 aromatic carbocycles. The van der Waals surface area contributed by atoms with E-state index in [2.05, 4.69) is 6.92 Å². The molecule has 2 atom stereocenters. The highest BCUT2D eigenvalue weighted by atomic mass is 16.5. The zero-order valence-electron chi connectivity index (χ0n) is 5.97. The number of hydrogen-bond donors (Lipinski definition) is 1. The molecule has 54 valence electrons. The standard InChI is InChI=1S/C7H15NO/c1-6(8)4-7-2-3-9-5-7/h6-7H,2-5,8H2,1H3/t6-,7?/m1/s1. The van der Waals surface area contributed by atoms with Crippen LogP contribution in [0.5, 0.6) is 0 Å². The highest BCUT2D eigenvalue weighted by Gasteiger charge is 2.16. The molecule has 1 aliphatic rings. The fraction of sp³-hybridized carbons (Fsp3) is 1.00. The third kappa shape index (κ3) is 2.33. The van der Waals surface area contributed by atoms with E-state index in [1.165, 1.54) is 6.42 Å². The predicted octanol–water partition coefficient (Wildman–Crippen LogP) is 0.760. The predicted molar refractivity (Wildman–Crippen MR) is 37.2 cm³/mol. The van der Waals surface area contributed by atoms with Gasteiger partial charge in [-0.15, -0.1) is 0 Å². The van der Waals surface area contributed by atoms with Crippen LogP contribution >= 0.6 is 0 Å². The van der Waals surface area contributed by atoms with Crippen molar-refractivity contribution in [3.05, 3.63) is 0 Å². The molecule has 2 N–H and O–H groups in total. The average molecular weight is 129 g/mol. The molecule has 2 nitrogen and oxygen atoms in total. The number of nitrogens with two attached hydrogens (primary N) is 1. The molecule has 0 amide bonds. The van der Waals surface area contributed by atoms with Gasteiger partial charge >= 0.3 is 0 Å². The second kappa shape index (κ2) is 3.18. The van der Waals surface area contributed by atoms with Crippen molar-refractivity contribution < 1.29 is 4.74 Å². The fourth-order valence-corrected chi connectivity index (χ4v) is 1.30. The van der Waals surface area contributed by atoms with Crippen LogP contribution in [0.1, 0.15) is 19.8 Å². The minimum absolute atomic E-state index is 0.344. The Balaban J connectivity index is 2.11. The van der Waals surface area contributed by atoms with Crippen LogP contribution in [0.25, 0.3) is 0 Å². The van der Waals surface area contributed by atoms with Gasteiger partial charge in [-0.05, 0) is 25.7 Å². The molecule has 1 rings (SSSR count). The minimum atomic E-state index is 0.344. The van der Waals surface area contributed by atoms with E-state index in [0.29, 0.717) is 6.04 Å². The van der Waals surface area contributed by atoms with Crippen LogP contribution in [0.4, 0.5) is 0 Å². The molecule has 0 saturated carbocycles. The summed E-state index contributed by atoms with van der Waals surface area (Å²) in [4.78, 5) is 0. The van der Waals surface area contributed by atoms with Crippen molar-refractivity contribution >= 4 is 0 Å². The van der Waals surface area contributed by atoms with Crippen molar-refractivity contribution in [2.75, 3.05) is 13.2 Å².